The van der Waals surface area contributed by atoms with Gasteiger partial charge in [0, 0.05) is 43.5 Å². The molecule has 1 saturated heterocycles. The number of hydrogen-bond donors (Lipinski definition) is 3. The summed E-state index contributed by atoms with van der Waals surface area (Å²) in [6.45, 7) is 0.804. The Morgan fingerprint density at radius 2 is 1.97 bits per heavy atom. The Morgan fingerprint density at radius 3 is 2.71 bits per heavy atom. The summed E-state index contributed by atoms with van der Waals surface area (Å²) >= 11 is 1.24. The van der Waals surface area contributed by atoms with E-state index in [1.165, 1.54) is 17.5 Å². The second kappa shape index (κ2) is 10.3. The molecular formula is C23H23F3N6O2S. The zero-order chi connectivity index (χ0) is 25.0. The van der Waals surface area contributed by atoms with Crippen molar-refractivity contribution >= 4 is 39.7 Å². The molecule has 4 rings (SSSR count). The quantitative estimate of drug-likeness (QED) is 0.473. The summed E-state index contributed by atoms with van der Waals surface area (Å²) in [4.78, 5) is 34.5. The molecule has 1 fully saturated rings. The van der Waals surface area contributed by atoms with Crippen LogP contribution in [0.4, 0.5) is 29.7 Å². The molecule has 1 aromatic carbocycles. The number of amides is 2. The van der Waals surface area contributed by atoms with E-state index in [9.17, 15) is 22.8 Å². The first-order valence-corrected chi connectivity index (χ1v) is 11.7. The molecule has 1 aliphatic heterocycles. The van der Waals surface area contributed by atoms with Crippen LogP contribution in [0.5, 0.6) is 0 Å². The molecule has 0 radical (unpaired) electrons. The zero-order valence-corrected chi connectivity index (χ0v) is 19.3. The second-order valence-corrected chi connectivity index (χ2v) is 9.21. The van der Waals surface area contributed by atoms with Gasteiger partial charge in [-0.1, -0.05) is 30.3 Å². The number of anilines is 3. The summed E-state index contributed by atoms with van der Waals surface area (Å²) in [5.74, 6) is -2.19. The van der Waals surface area contributed by atoms with Crippen molar-refractivity contribution < 1.29 is 22.8 Å². The van der Waals surface area contributed by atoms with Gasteiger partial charge in [-0.3, -0.25) is 9.59 Å². The average molecular weight is 505 g/mol. The van der Waals surface area contributed by atoms with Crippen molar-refractivity contribution in [3.05, 3.63) is 64.9 Å². The first-order valence-electron chi connectivity index (χ1n) is 10.9. The van der Waals surface area contributed by atoms with Crippen LogP contribution in [0.15, 0.2) is 48.7 Å². The fourth-order valence-corrected chi connectivity index (χ4v) is 4.71. The van der Waals surface area contributed by atoms with Crippen LogP contribution in [-0.4, -0.2) is 47.1 Å². The van der Waals surface area contributed by atoms with E-state index in [0.717, 1.165) is 5.56 Å². The number of halogens is 3. The number of carbonyl (C=O) groups excluding carboxylic acids is 2. The van der Waals surface area contributed by atoms with Gasteiger partial charge in [0.05, 0.1) is 5.01 Å². The average Bonchev–Trinajstić information content (AvgIpc) is 3.19. The molecule has 4 N–H and O–H groups in total. The fraction of sp³-hybridized carbons (Fsp3) is 0.304. The number of hydrogen-bond acceptors (Lipinski definition) is 7. The van der Waals surface area contributed by atoms with Crippen LogP contribution in [-0.2, 0) is 11.2 Å². The Balaban J connectivity index is 1.41. The molecule has 0 bridgehead atoms. The highest BCUT2D eigenvalue weighted by Crippen LogP contribution is 2.26. The molecular weight excluding hydrogens is 481 g/mol. The molecule has 0 aliphatic carbocycles. The number of rotatable bonds is 6. The summed E-state index contributed by atoms with van der Waals surface area (Å²) in [6.07, 6.45) is -1.82. The normalized spacial score (nSPS) is 16.1. The SMILES string of the molecule is Nc1sc(Cc2ccccc2)nc1C(=O)Nc1cc(N2CCC[C@H](NC(=O)C(F)(F)F)C2)ccn1. The molecule has 3 aromatic rings. The van der Waals surface area contributed by atoms with Gasteiger partial charge in [-0.05, 0) is 24.5 Å². The van der Waals surface area contributed by atoms with Crippen LogP contribution in [0.25, 0.3) is 0 Å². The number of pyridine rings is 1. The lowest BCUT2D eigenvalue weighted by atomic mass is 10.0. The van der Waals surface area contributed by atoms with Crippen molar-refractivity contribution in [2.24, 2.45) is 0 Å². The standard InChI is InChI=1S/C23H23F3N6O2S/c24-23(25,26)22(34)29-15-7-4-10-32(13-15)16-8-9-28-17(12-16)30-21(33)19-20(27)35-18(31-19)11-14-5-2-1-3-6-14/h1-3,5-6,8-9,12,15H,4,7,10-11,13,27H2,(H,29,34)(H,28,30,33)/t15-/m0/s1. The minimum absolute atomic E-state index is 0.112. The Hall–Kier alpha value is -3.67. The summed E-state index contributed by atoms with van der Waals surface area (Å²) in [7, 11) is 0. The Morgan fingerprint density at radius 1 is 1.20 bits per heavy atom. The van der Waals surface area contributed by atoms with Crippen molar-refractivity contribution in [1.29, 1.82) is 0 Å². The van der Waals surface area contributed by atoms with Gasteiger partial charge in [-0.15, -0.1) is 11.3 Å². The molecule has 35 heavy (non-hydrogen) atoms. The highest BCUT2D eigenvalue weighted by molar-refractivity contribution is 7.16. The van der Waals surface area contributed by atoms with Gasteiger partial charge in [-0.2, -0.15) is 13.2 Å². The first kappa shape index (κ1) is 24.5. The molecule has 1 aliphatic rings. The summed E-state index contributed by atoms with van der Waals surface area (Å²) in [5, 5.41) is 5.73. The number of nitrogen functional groups attached to an aromatic ring is 1. The zero-order valence-electron chi connectivity index (χ0n) is 18.5. The van der Waals surface area contributed by atoms with Crippen LogP contribution < -0.4 is 21.3 Å². The lowest BCUT2D eigenvalue weighted by molar-refractivity contribution is -0.174. The van der Waals surface area contributed by atoms with Crippen LogP contribution in [0.1, 0.15) is 33.9 Å². The number of aromatic nitrogens is 2. The highest BCUT2D eigenvalue weighted by Gasteiger charge is 2.40. The maximum absolute atomic E-state index is 12.8. The largest absolute Gasteiger partial charge is 0.471 e. The Bertz CT molecular complexity index is 1200. The minimum atomic E-state index is -4.92. The van der Waals surface area contributed by atoms with Crippen LogP contribution in [0.2, 0.25) is 0 Å². The second-order valence-electron chi connectivity index (χ2n) is 8.09. The van der Waals surface area contributed by atoms with Crippen LogP contribution >= 0.6 is 11.3 Å². The lowest BCUT2D eigenvalue weighted by Gasteiger charge is -2.35. The fourth-order valence-electron chi connectivity index (χ4n) is 3.84. The lowest BCUT2D eigenvalue weighted by Crippen LogP contribution is -2.51. The molecule has 8 nitrogen and oxygen atoms in total. The van der Waals surface area contributed by atoms with Gasteiger partial charge in [0.15, 0.2) is 5.69 Å². The number of carbonyl (C=O) groups is 2. The number of alkyl halides is 3. The predicted molar refractivity (Wildman–Crippen MR) is 127 cm³/mol. The molecule has 0 unspecified atom stereocenters. The van der Waals surface area contributed by atoms with Crippen molar-refractivity contribution in [2.45, 2.75) is 31.5 Å². The smallest absolute Gasteiger partial charge is 0.389 e. The van der Waals surface area contributed by atoms with E-state index in [0.29, 0.717) is 41.5 Å². The van der Waals surface area contributed by atoms with Gasteiger partial charge in [-0.25, -0.2) is 9.97 Å². The molecule has 2 amide bonds. The summed E-state index contributed by atoms with van der Waals surface area (Å²) in [5.41, 5.74) is 7.86. The number of nitrogens with two attached hydrogens (primary N) is 1. The summed E-state index contributed by atoms with van der Waals surface area (Å²) in [6, 6.07) is 12.4. The molecule has 1 atom stereocenters. The molecule has 184 valence electrons. The van der Waals surface area contributed by atoms with Crippen molar-refractivity contribution in [1.82, 2.24) is 15.3 Å². The number of benzene rings is 1. The number of thiazole rings is 1. The van der Waals surface area contributed by atoms with E-state index in [1.54, 1.807) is 12.1 Å². The van der Waals surface area contributed by atoms with Crippen molar-refractivity contribution in [2.75, 3.05) is 29.0 Å². The third-order valence-electron chi connectivity index (χ3n) is 5.48. The van der Waals surface area contributed by atoms with E-state index in [2.05, 4.69) is 15.3 Å². The Labute approximate surface area is 203 Å². The Kier molecular flexibility index (Phi) is 7.20. The van der Waals surface area contributed by atoms with Gasteiger partial charge in [0.2, 0.25) is 0 Å². The highest BCUT2D eigenvalue weighted by atomic mass is 32.1. The van der Waals surface area contributed by atoms with Crippen LogP contribution in [0, 0.1) is 0 Å². The van der Waals surface area contributed by atoms with E-state index < -0.39 is 24.0 Å². The van der Waals surface area contributed by atoms with Crippen molar-refractivity contribution in [3.63, 3.8) is 0 Å². The predicted octanol–water partition coefficient (Wildman–Crippen LogP) is 3.61. The first-order chi connectivity index (χ1) is 16.7. The molecule has 0 spiro atoms. The van der Waals surface area contributed by atoms with E-state index in [-0.39, 0.29) is 18.1 Å². The third kappa shape index (κ3) is 6.27. The topological polar surface area (TPSA) is 113 Å². The number of nitrogens with one attached hydrogen (secondary N) is 2. The monoisotopic (exact) mass is 504 g/mol. The summed E-state index contributed by atoms with van der Waals surface area (Å²) < 4.78 is 37.8. The van der Waals surface area contributed by atoms with E-state index in [1.807, 2.05) is 40.5 Å². The molecule has 0 saturated carbocycles. The minimum Gasteiger partial charge on any atom is -0.389 e. The molecule has 2 aromatic heterocycles. The van der Waals surface area contributed by atoms with Gasteiger partial charge >= 0.3 is 12.1 Å². The maximum atomic E-state index is 12.8. The third-order valence-corrected chi connectivity index (χ3v) is 6.36. The van der Waals surface area contributed by atoms with E-state index in [4.69, 9.17) is 5.73 Å². The van der Waals surface area contributed by atoms with Crippen LogP contribution in [0.3, 0.4) is 0 Å². The molecule has 3 heterocycles. The number of piperidine rings is 1. The van der Waals surface area contributed by atoms with Crippen molar-refractivity contribution in [3.8, 4) is 0 Å². The van der Waals surface area contributed by atoms with E-state index >= 15 is 0 Å². The van der Waals surface area contributed by atoms with Gasteiger partial charge in [0.1, 0.15) is 10.8 Å². The maximum Gasteiger partial charge on any atom is 0.471 e. The van der Waals surface area contributed by atoms with Gasteiger partial charge in [0.25, 0.3) is 5.91 Å². The molecule has 12 heteroatoms. The van der Waals surface area contributed by atoms with Gasteiger partial charge < -0.3 is 21.3 Å². The number of nitrogens with zero attached hydrogens (tertiary/aromatic N) is 3.